The van der Waals surface area contributed by atoms with Gasteiger partial charge in [-0.25, -0.2) is 0 Å². The van der Waals surface area contributed by atoms with Gasteiger partial charge in [-0.05, 0) is 18.9 Å². The molecular weight excluding hydrogens is 188 g/mol. The molecule has 0 saturated carbocycles. The van der Waals surface area contributed by atoms with E-state index in [1.165, 1.54) is 25.7 Å². The van der Waals surface area contributed by atoms with Gasteiger partial charge in [-0.1, -0.05) is 33.1 Å². The first kappa shape index (κ1) is 14.9. The number of hydrogen-bond acceptors (Lipinski definition) is 3. The van der Waals surface area contributed by atoms with Crippen LogP contribution in [0.15, 0.2) is 0 Å². The number of nitrogens with one attached hydrogen (secondary N) is 1. The second kappa shape index (κ2) is 10.4. The molecule has 0 bridgehead atoms. The molecule has 15 heavy (non-hydrogen) atoms. The van der Waals surface area contributed by atoms with E-state index in [9.17, 15) is 0 Å². The van der Waals surface area contributed by atoms with Crippen LogP contribution in [0.3, 0.4) is 0 Å². The molecule has 3 nitrogen and oxygen atoms in total. The molecule has 0 spiro atoms. The van der Waals surface area contributed by atoms with Crippen LogP contribution >= 0.6 is 0 Å². The van der Waals surface area contributed by atoms with E-state index >= 15 is 0 Å². The molecule has 0 saturated heterocycles. The van der Waals surface area contributed by atoms with Crippen molar-refractivity contribution in [3.8, 4) is 0 Å². The highest BCUT2D eigenvalue weighted by Gasteiger charge is 2.07. The predicted molar refractivity (Wildman–Crippen MR) is 66.0 cm³/mol. The van der Waals surface area contributed by atoms with Crippen LogP contribution in [0.5, 0.6) is 0 Å². The van der Waals surface area contributed by atoms with Crippen molar-refractivity contribution in [2.75, 3.05) is 26.7 Å². The Morgan fingerprint density at radius 1 is 1.27 bits per heavy atom. The quantitative estimate of drug-likeness (QED) is 0.585. The Balaban J connectivity index is 3.52. The summed E-state index contributed by atoms with van der Waals surface area (Å²) in [5.74, 6) is 0.806. The minimum Gasteiger partial charge on any atom is -0.379 e. The summed E-state index contributed by atoms with van der Waals surface area (Å²) in [5.41, 5.74) is 5.55. The van der Waals surface area contributed by atoms with Crippen LogP contribution in [-0.4, -0.2) is 32.8 Å². The van der Waals surface area contributed by atoms with Gasteiger partial charge in [0.1, 0.15) is 0 Å². The zero-order valence-electron chi connectivity index (χ0n) is 10.6. The summed E-state index contributed by atoms with van der Waals surface area (Å²) in [6.07, 6.45) is 5.38. The SMILES string of the molecule is CCCCC(CC)CNCC(CN)OC. The van der Waals surface area contributed by atoms with E-state index in [4.69, 9.17) is 10.5 Å². The molecule has 3 heteroatoms. The number of nitrogens with two attached hydrogens (primary N) is 1. The summed E-state index contributed by atoms with van der Waals surface area (Å²) in [4.78, 5) is 0. The number of hydrogen-bond donors (Lipinski definition) is 2. The third-order valence-corrected chi connectivity index (χ3v) is 2.94. The molecule has 0 amide bonds. The van der Waals surface area contributed by atoms with Crippen LogP contribution in [-0.2, 0) is 4.74 Å². The van der Waals surface area contributed by atoms with Crippen LogP contribution in [0.25, 0.3) is 0 Å². The summed E-state index contributed by atoms with van der Waals surface area (Å²) in [7, 11) is 1.72. The fraction of sp³-hybridized carbons (Fsp3) is 1.00. The molecule has 0 aromatic carbocycles. The highest BCUT2D eigenvalue weighted by molar-refractivity contribution is 4.65. The van der Waals surface area contributed by atoms with Crippen molar-refractivity contribution >= 4 is 0 Å². The smallest absolute Gasteiger partial charge is 0.0817 e. The lowest BCUT2D eigenvalue weighted by molar-refractivity contribution is 0.107. The normalized spacial score (nSPS) is 15.2. The Morgan fingerprint density at radius 3 is 2.47 bits per heavy atom. The first-order chi connectivity index (χ1) is 7.28. The maximum absolute atomic E-state index is 5.55. The third-order valence-electron chi connectivity index (χ3n) is 2.94. The van der Waals surface area contributed by atoms with Gasteiger partial charge < -0.3 is 15.8 Å². The fourth-order valence-corrected chi connectivity index (χ4v) is 1.65. The second-order valence-electron chi connectivity index (χ2n) is 4.17. The van der Waals surface area contributed by atoms with Crippen molar-refractivity contribution in [1.82, 2.24) is 5.32 Å². The van der Waals surface area contributed by atoms with E-state index in [-0.39, 0.29) is 6.10 Å². The largest absolute Gasteiger partial charge is 0.379 e. The lowest BCUT2D eigenvalue weighted by atomic mass is 9.99. The zero-order chi connectivity index (χ0) is 11.5. The van der Waals surface area contributed by atoms with Crippen molar-refractivity contribution < 1.29 is 4.74 Å². The molecule has 2 atom stereocenters. The van der Waals surface area contributed by atoms with Gasteiger partial charge in [0.05, 0.1) is 6.10 Å². The summed E-state index contributed by atoms with van der Waals surface area (Å²) in [5, 5.41) is 3.44. The van der Waals surface area contributed by atoms with Crippen molar-refractivity contribution in [1.29, 1.82) is 0 Å². The van der Waals surface area contributed by atoms with Gasteiger partial charge in [0, 0.05) is 20.2 Å². The fourth-order valence-electron chi connectivity index (χ4n) is 1.65. The molecule has 0 aromatic heterocycles. The number of ether oxygens (including phenoxy) is 1. The molecule has 0 fully saturated rings. The third kappa shape index (κ3) is 7.77. The Bertz CT molecular complexity index is 127. The maximum atomic E-state index is 5.55. The van der Waals surface area contributed by atoms with Gasteiger partial charge in [0.2, 0.25) is 0 Å². The van der Waals surface area contributed by atoms with Gasteiger partial charge in [-0.2, -0.15) is 0 Å². The maximum Gasteiger partial charge on any atom is 0.0817 e. The van der Waals surface area contributed by atoms with Gasteiger partial charge in [-0.15, -0.1) is 0 Å². The molecule has 0 aliphatic heterocycles. The van der Waals surface area contributed by atoms with Crippen LogP contribution in [0, 0.1) is 5.92 Å². The van der Waals surface area contributed by atoms with E-state index < -0.39 is 0 Å². The summed E-state index contributed by atoms with van der Waals surface area (Å²) in [6, 6.07) is 0. The standard InChI is InChI=1S/C12H28N2O/c1-4-6-7-11(5-2)9-14-10-12(8-13)15-3/h11-12,14H,4-10,13H2,1-3H3. The molecule has 0 aromatic rings. The van der Waals surface area contributed by atoms with Gasteiger partial charge in [0.15, 0.2) is 0 Å². The van der Waals surface area contributed by atoms with Gasteiger partial charge >= 0.3 is 0 Å². The van der Waals surface area contributed by atoms with Crippen LogP contribution in [0.1, 0.15) is 39.5 Å². The molecule has 0 rings (SSSR count). The molecule has 0 radical (unpaired) electrons. The zero-order valence-corrected chi connectivity index (χ0v) is 10.6. The average molecular weight is 216 g/mol. The number of rotatable bonds is 10. The average Bonchev–Trinajstić information content (AvgIpc) is 2.28. The summed E-state index contributed by atoms with van der Waals surface area (Å²) < 4.78 is 5.21. The molecule has 0 aliphatic carbocycles. The monoisotopic (exact) mass is 216 g/mol. The van der Waals surface area contributed by atoms with Gasteiger partial charge in [0.25, 0.3) is 0 Å². The summed E-state index contributed by atoms with van der Waals surface area (Å²) >= 11 is 0. The first-order valence-corrected chi connectivity index (χ1v) is 6.21. The minimum absolute atomic E-state index is 0.161. The van der Waals surface area contributed by atoms with Crippen LogP contribution in [0.4, 0.5) is 0 Å². The summed E-state index contributed by atoms with van der Waals surface area (Å²) in [6.45, 7) is 7.06. The molecule has 0 heterocycles. The second-order valence-corrected chi connectivity index (χ2v) is 4.17. The van der Waals surface area contributed by atoms with Crippen molar-refractivity contribution in [2.24, 2.45) is 11.7 Å². The molecule has 2 unspecified atom stereocenters. The Hall–Kier alpha value is -0.120. The van der Waals surface area contributed by atoms with Crippen LogP contribution < -0.4 is 11.1 Å². The van der Waals surface area contributed by atoms with Gasteiger partial charge in [-0.3, -0.25) is 0 Å². The molecular formula is C12H28N2O. The number of unbranched alkanes of at least 4 members (excludes halogenated alkanes) is 1. The van der Waals surface area contributed by atoms with E-state index in [0.717, 1.165) is 19.0 Å². The van der Waals surface area contributed by atoms with E-state index in [1.54, 1.807) is 7.11 Å². The van der Waals surface area contributed by atoms with E-state index in [1.807, 2.05) is 0 Å². The van der Waals surface area contributed by atoms with E-state index in [0.29, 0.717) is 6.54 Å². The Labute approximate surface area is 94.8 Å². The van der Waals surface area contributed by atoms with Crippen molar-refractivity contribution in [3.05, 3.63) is 0 Å². The van der Waals surface area contributed by atoms with Crippen molar-refractivity contribution in [3.63, 3.8) is 0 Å². The topological polar surface area (TPSA) is 47.3 Å². The Morgan fingerprint density at radius 2 is 2.00 bits per heavy atom. The highest BCUT2D eigenvalue weighted by atomic mass is 16.5. The Kier molecular flexibility index (Phi) is 10.3. The molecule has 0 aliphatic rings. The highest BCUT2D eigenvalue weighted by Crippen LogP contribution is 2.10. The minimum atomic E-state index is 0.161. The predicted octanol–water partition coefficient (Wildman–Crippen LogP) is 1.77. The first-order valence-electron chi connectivity index (χ1n) is 6.21. The molecule has 92 valence electrons. The van der Waals surface area contributed by atoms with Crippen LogP contribution in [0.2, 0.25) is 0 Å². The lowest BCUT2D eigenvalue weighted by Crippen LogP contribution is -2.36. The lowest BCUT2D eigenvalue weighted by Gasteiger charge is -2.18. The van der Waals surface area contributed by atoms with E-state index in [2.05, 4.69) is 19.2 Å². The molecule has 3 N–H and O–H groups in total. The van der Waals surface area contributed by atoms with Crippen molar-refractivity contribution in [2.45, 2.75) is 45.6 Å². The number of methoxy groups -OCH3 is 1.